The second-order valence-corrected chi connectivity index (χ2v) is 3.71. The topological polar surface area (TPSA) is 127 Å². The normalized spacial score (nSPS) is 15.2. The average molecular weight is 244 g/mol. The Kier molecular flexibility index (Phi) is 7.14. The summed E-state index contributed by atoms with van der Waals surface area (Å²) in [7, 11) is 1.78. The highest BCUT2D eigenvalue weighted by atomic mass is 32.2. The summed E-state index contributed by atoms with van der Waals surface area (Å²) in [5, 5.41) is 19.4. The molecule has 0 fully saturated rings. The van der Waals surface area contributed by atoms with Crippen molar-refractivity contribution >= 4 is 34.6 Å². The van der Waals surface area contributed by atoms with Crippen LogP contribution in [0.25, 0.3) is 0 Å². The molecule has 7 nitrogen and oxygen atoms in total. The van der Waals surface area contributed by atoms with Crippen LogP contribution in [-0.4, -0.2) is 42.2 Å². The van der Waals surface area contributed by atoms with Crippen molar-refractivity contribution in [3.8, 4) is 0 Å². The smallest absolute Gasteiger partial charge is 0.255 e. The van der Waals surface area contributed by atoms with Crippen molar-refractivity contribution in [2.45, 2.75) is 6.92 Å². The fourth-order valence-electron chi connectivity index (χ4n) is 0.726. The molecular weight excluding hydrogens is 230 g/mol. The van der Waals surface area contributed by atoms with E-state index in [9.17, 15) is 9.90 Å². The number of nitrogens with one attached hydrogen (secondary N) is 2. The van der Waals surface area contributed by atoms with Crippen molar-refractivity contribution in [2.75, 3.05) is 19.3 Å². The first-order valence-corrected chi connectivity index (χ1v) is 5.38. The predicted molar refractivity (Wildman–Crippen MR) is 63.8 cm³/mol. The highest BCUT2D eigenvalue weighted by Crippen LogP contribution is 2.06. The van der Waals surface area contributed by atoms with E-state index < -0.39 is 0 Å². The summed E-state index contributed by atoms with van der Waals surface area (Å²) in [6.07, 6.45) is 0. The van der Waals surface area contributed by atoms with E-state index in [4.69, 9.17) is 11.1 Å². The zero-order valence-corrected chi connectivity index (χ0v) is 9.93. The Morgan fingerprint density at radius 2 is 2.44 bits per heavy atom. The standard InChI is InChI=1S/C5H12N4.C3H3NO2S/c1-4(6)9-5(7)3-8-2;5-2-1-7-3(6)4-2/h8H,3H2,1-2H3,(H3,6,7,9);1H2,(H,4,5,6)/p-1. The molecule has 0 aliphatic carbocycles. The predicted octanol–water partition coefficient (Wildman–Crippen LogP) is -1.46. The lowest BCUT2D eigenvalue weighted by Crippen LogP contribution is -2.26. The molecule has 4 N–H and O–H groups in total. The fourth-order valence-corrected chi connectivity index (χ4v) is 1.20. The Bertz CT molecular complexity index is 326. The molecule has 0 atom stereocenters. The number of likely N-dealkylation sites (N-methyl/N-ethyl adjacent to an activating group) is 1. The molecule has 0 aromatic heterocycles. The van der Waals surface area contributed by atoms with Crippen LogP contribution in [0.1, 0.15) is 6.92 Å². The van der Waals surface area contributed by atoms with Gasteiger partial charge in [-0.05, 0) is 14.0 Å². The quantitative estimate of drug-likeness (QED) is 0.404. The largest absolute Gasteiger partial charge is 0.854 e. The molecule has 0 spiro atoms. The van der Waals surface area contributed by atoms with Crippen LogP contribution >= 0.6 is 11.8 Å². The van der Waals surface area contributed by atoms with Gasteiger partial charge in [-0.15, -0.1) is 11.8 Å². The number of rotatable bonds is 2. The van der Waals surface area contributed by atoms with Gasteiger partial charge in [-0.1, -0.05) is 0 Å². The molecule has 0 unspecified atom stereocenters. The van der Waals surface area contributed by atoms with Crippen LogP contribution in [-0.2, 0) is 4.79 Å². The fraction of sp³-hybridized carbons (Fsp3) is 0.500. The number of amidine groups is 2. The number of carbonyl (C=O) groups is 1. The van der Waals surface area contributed by atoms with Crippen LogP contribution < -0.4 is 16.2 Å². The SMILES string of the molecule is CNCC(N)=NC(C)=N.O=C1CSC([O-])=N1. The van der Waals surface area contributed by atoms with Gasteiger partial charge in [-0.2, -0.15) is 0 Å². The molecule has 0 aromatic carbocycles. The van der Waals surface area contributed by atoms with Crippen LogP contribution in [0.4, 0.5) is 0 Å². The van der Waals surface area contributed by atoms with Gasteiger partial charge in [0.15, 0.2) is 0 Å². The summed E-state index contributed by atoms with van der Waals surface area (Å²) < 4.78 is 0. The molecule has 0 saturated heterocycles. The van der Waals surface area contributed by atoms with Gasteiger partial charge < -0.3 is 16.2 Å². The first-order chi connectivity index (χ1) is 7.45. The minimum atomic E-state index is -0.356. The van der Waals surface area contributed by atoms with Gasteiger partial charge in [-0.25, -0.2) is 9.98 Å². The van der Waals surface area contributed by atoms with Gasteiger partial charge in [-0.3, -0.25) is 10.2 Å². The van der Waals surface area contributed by atoms with Crippen LogP contribution in [0.15, 0.2) is 9.98 Å². The minimum Gasteiger partial charge on any atom is -0.854 e. The lowest BCUT2D eigenvalue weighted by molar-refractivity contribution is -0.205. The Hall–Kier alpha value is -1.41. The summed E-state index contributed by atoms with van der Waals surface area (Å²) in [5.41, 5.74) is 5.33. The third kappa shape index (κ3) is 7.94. The zero-order chi connectivity index (χ0) is 12.6. The van der Waals surface area contributed by atoms with Crippen LogP contribution in [0.5, 0.6) is 0 Å². The number of nitrogens with zero attached hydrogens (tertiary/aromatic N) is 2. The Labute approximate surface area is 97.7 Å². The summed E-state index contributed by atoms with van der Waals surface area (Å²) in [4.78, 5) is 16.8. The number of aliphatic imine (C=N–C) groups is 2. The maximum absolute atomic E-state index is 10.0. The van der Waals surface area contributed by atoms with E-state index in [-0.39, 0.29) is 22.7 Å². The van der Waals surface area contributed by atoms with Crippen molar-refractivity contribution in [1.29, 1.82) is 5.41 Å². The molecule has 1 aliphatic heterocycles. The molecule has 1 rings (SSSR count). The van der Waals surface area contributed by atoms with Crippen LogP contribution in [0, 0.1) is 5.41 Å². The average Bonchev–Trinajstić information content (AvgIpc) is 2.50. The molecule has 1 aliphatic rings. The highest BCUT2D eigenvalue weighted by molar-refractivity contribution is 8.14. The van der Waals surface area contributed by atoms with Crippen LogP contribution in [0.3, 0.4) is 0 Å². The number of hydrogen-bond acceptors (Lipinski definition) is 5. The molecular formula is C8H14N5O2S-. The van der Waals surface area contributed by atoms with Crippen molar-refractivity contribution in [2.24, 2.45) is 15.7 Å². The molecule has 0 bridgehead atoms. The van der Waals surface area contributed by atoms with Gasteiger partial charge in [0, 0.05) is 5.23 Å². The second-order valence-electron chi connectivity index (χ2n) is 2.78. The highest BCUT2D eigenvalue weighted by Gasteiger charge is 2.04. The lowest BCUT2D eigenvalue weighted by atomic mass is 10.5. The monoisotopic (exact) mass is 244 g/mol. The minimum absolute atomic E-state index is 0.235. The lowest BCUT2D eigenvalue weighted by Gasteiger charge is -1.95. The van der Waals surface area contributed by atoms with E-state index in [2.05, 4.69) is 15.3 Å². The van der Waals surface area contributed by atoms with Crippen molar-refractivity contribution in [3.63, 3.8) is 0 Å². The van der Waals surface area contributed by atoms with E-state index in [1.165, 1.54) is 0 Å². The maximum atomic E-state index is 10.0. The number of amides is 1. The zero-order valence-electron chi connectivity index (χ0n) is 9.11. The summed E-state index contributed by atoms with van der Waals surface area (Å²) >= 11 is 0.950. The molecule has 0 aromatic rings. The van der Waals surface area contributed by atoms with Gasteiger partial charge in [0.05, 0.1) is 12.3 Å². The van der Waals surface area contributed by atoms with E-state index in [1.807, 2.05) is 0 Å². The molecule has 90 valence electrons. The molecule has 16 heavy (non-hydrogen) atoms. The second kappa shape index (κ2) is 7.83. The third-order valence-electron chi connectivity index (χ3n) is 1.20. The first-order valence-electron chi connectivity index (χ1n) is 4.39. The summed E-state index contributed by atoms with van der Waals surface area (Å²) in [6.45, 7) is 2.12. The molecule has 8 heteroatoms. The van der Waals surface area contributed by atoms with Gasteiger partial charge in [0.2, 0.25) is 0 Å². The van der Waals surface area contributed by atoms with Crippen molar-refractivity contribution in [1.82, 2.24) is 5.32 Å². The maximum Gasteiger partial charge on any atom is 0.255 e. The van der Waals surface area contributed by atoms with Crippen molar-refractivity contribution in [3.05, 3.63) is 0 Å². The summed E-state index contributed by atoms with van der Waals surface area (Å²) in [6, 6.07) is 0. The molecule has 1 amide bonds. The van der Waals surface area contributed by atoms with Crippen molar-refractivity contribution < 1.29 is 9.90 Å². The van der Waals surface area contributed by atoms with Gasteiger partial charge >= 0.3 is 0 Å². The number of thioether (sulfide) groups is 1. The Morgan fingerprint density at radius 1 is 1.81 bits per heavy atom. The number of carbonyl (C=O) groups excluding carboxylic acids is 1. The van der Waals surface area contributed by atoms with E-state index >= 15 is 0 Å². The number of hydrogen-bond donors (Lipinski definition) is 3. The first kappa shape index (κ1) is 14.6. The van der Waals surface area contributed by atoms with E-state index in [0.29, 0.717) is 12.4 Å². The Balaban J connectivity index is 0.000000288. The van der Waals surface area contributed by atoms with E-state index in [0.717, 1.165) is 11.8 Å². The molecule has 0 saturated carbocycles. The number of nitrogens with two attached hydrogens (primary N) is 1. The van der Waals surface area contributed by atoms with Gasteiger partial charge in [0.1, 0.15) is 11.7 Å². The third-order valence-corrected chi connectivity index (χ3v) is 1.93. The molecule has 0 radical (unpaired) electrons. The van der Waals surface area contributed by atoms with Gasteiger partial charge in [0.25, 0.3) is 5.91 Å². The van der Waals surface area contributed by atoms with E-state index in [1.54, 1.807) is 14.0 Å². The Morgan fingerprint density at radius 3 is 2.69 bits per heavy atom. The van der Waals surface area contributed by atoms with Crippen LogP contribution in [0.2, 0.25) is 0 Å². The summed E-state index contributed by atoms with van der Waals surface area (Å²) in [5.74, 6) is 0.613. The molecule has 1 heterocycles.